The van der Waals surface area contributed by atoms with Crippen LogP contribution in [-0.2, 0) is 4.79 Å². The van der Waals surface area contributed by atoms with E-state index in [1.165, 1.54) is 7.05 Å². The van der Waals surface area contributed by atoms with E-state index in [0.717, 1.165) is 10.6 Å². The molecule has 0 atom stereocenters. The zero-order chi connectivity index (χ0) is 15.6. The van der Waals surface area contributed by atoms with Crippen LogP contribution < -0.4 is 10.6 Å². The molecule has 0 unspecified atom stereocenters. The highest BCUT2D eigenvalue weighted by molar-refractivity contribution is 6.21. The van der Waals surface area contributed by atoms with E-state index in [-0.39, 0.29) is 23.8 Å². The highest BCUT2D eigenvalue weighted by atomic mass is 16.2. The van der Waals surface area contributed by atoms with Gasteiger partial charge in [-0.25, -0.2) is 0 Å². The van der Waals surface area contributed by atoms with Gasteiger partial charge in [-0.3, -0.25) is 19.3 Å². The molecule has 0 aromatic heterocycles. The molecular weight excluding hydrogens is 270 g/mol. The van der Waals surface area contributed by atoms with Gasteiger partial charge in [0, 0.05) is 31.7 Å². The lowest BCUT2D eigenvalue weighted by Gasteiger charge is -2.10. The predicted molar refractivity (Wildman–Crippen MR) is 79.3 cm³/mol. The standard InChI is InChI=1S/C15H19N3O3/c1-9(2)17-13(19)6-7-16-10-4-5-11-12(8-10)15(21)18(3)14(11)20/h4-5,8-9,16H,6-7H2,1-3H3,(H,17,19). The molecule has 21 heavy (non-hydrogen) atoms. The van der Waals surface area contributed by atoms with Crippen LogP contribution in [0.5, 0.6) is 0 Å². The number of benzene rings is 1. The molecule has 1 aliphatic heterocycles. The minimum Gasteiger partial charge on any atom is -0.385 e. The van der Waals surface area contributed by atoms with Crippen molar-refractivity contribution in [2.24, 2.45) is 0 Å². The Hall–Kier alpha value is -2.37. The summed E-state index contributed by atoms with van der Waals surface area (Å²) in [6.45, 7) is 4.28. The SMILES string of the molecule is CC(C)NC(=O)CCNc1ccc2c(c1)C(=O)N(C)C2=O. The van der Waals surface area contributed by atoms with Gasteiger partial charge in [0.25, 0.3) is 11.8 Å². The third-order valence-corrected chi connectivity index (χ3v) is 3.22. The summed E-state index contributed by atoms with van der Waals surface area (Å²) in [6.07, 6.45) is 0.349. The molecule has 0 radical (unpaired) electrons. The molecular formula is C15H19N3O3. The molecule has 0 spiro atoms. The normalized spacial score (nSPS) is 13.6. The first kappa shape index (κ1) is 15.0. The molecule has 2 N–H and O–H groups in total. The number of amides is 3. The van der Waals surface area contributed by atoms with E-state index >= 15 is 0 Å². The van der Waals surface area contributed by atoms with Crippen molar-refractivity contribution in [3.63, 3.8) is 0 Å². The van der Waals surface area contributed by atoms with Crippen molar-refractivity contribution in [2.75, 3.05) is 18.9 Å². The van der Waals surface area contributed by atoms with Crippen LogP contribution in [0.15, 0.2) is 18.2 Å². The molecule has 112 valence electrons. The number of carbonyl (C=O) groups is 3. The molecule has 1 aromatic rings. The van der Waals surface area contributed by atoms with E-state index in [1.54, 1.807) is 18.2 Å². The van der Waals surface area contributed by atoms with Gasteiger partial charge < -0.3 is 10.6 Å². The van der Waals surface area contributed by atoms with Gasteiger partial charge in [-0.05, 0) is 32.0 Å². The summed E-state index contributed by atoms with van der Waals surface area (Å²) in [7, 11) is 1.47. The molecule has 1 heterocycles. The Morgan fingerprint density at radius 3 is 2.52 bits per heavy atom. The quantitative estimate of drug-likeness (QED) is 0.799. The Balaban J connectivity index is 1.97. The van der Waals surface area contributed by atoms with Crippen LogP contribution >= 0.6 is 0 Å². The van der Waals surface area contributed by atoms with E-state index in [1.807, 2.05) is 13.8 Å². The summed E-state index contributed by atoms with van der Waals surface area (Å²) in [5.41, 5.74) is 1.55. The van der Waals surface area contributed by atoms with E-state index in [2.05, 4.69) is 10.6 Å². The van der Waals surface area contributed by atoms with E-state index in [4.69, 9.17) is 0 Å². The van der Waals surface area contributed by atoms with Gasteiger partial charge in [0.15, 0.2) is 0 Å². The second-order valence-corrected chi connectivity index (χ2v) is 5.33. The molecule has 0 aliphatic carbocycles. The van der Waals surface area contributed by atoms with E-state index < -0.39 is 0 Å². The fraction of sp³-hybridized carbons (Fsp3) is 0.400. The first-order valence-corrected chi connectivity index (χ1v) is 6.90. The molecule has 6 nitrogen and oxygen atoms in total. The molecule has 0 bridgehead atoms. The third kappa shape index (κ3) is 3.21. The number of rotatable bonds is 5. The van der Waals surface area contributed by atoms with Gasteiger partial charge in [0.2, 0.25) is 5.91 Å². The van der Waals surface area contributed by atoms with Crippen molar-refractivity contribution in [3.8, 4) is 0 Å². The van der Waals surface area contributed by atoms with Crippen LogP contribution in [0.2, 0.25) is 0 Å². The minimum atomic E-state index is -0.295. The molecule has 1 aromatic carbocycles. The average Bonchev–Trinajstić information content (AvgIpc) is 2.63. The second-order valence-electron chi connectivity index (χ2n) is 5.33. The highest BCUT2D eigenvalue weighted by Crippen LogP contribution is 2.24. The summed E-state index contributed by atoms with van der Waals surface area (Å²) < 4.78 is 0. The Morgan fingerprint density at radius 1 is 1.19 bits per heavy atom. The van der Waals surface area contributed by atoms with Crippen molar-refractivity contribution < 1.29 is 14.4 Å². The monoisotopic (exact) mass is 289 g/mol. The number of imide groups is 1. The van der Waals surface area contributed by atoms with Crippen LogP contribution in [0.4, 0.5) is 5.69 Å². The maximum absolute atomic E-state index is 11.9. The third-order valence-electron chi connectivity index (χ3n) is 3.22. The van der Waals surface area contributed by atoms with Crippen LogP contribution in [-0.4, -0.2) is 42.3 Å². The number of fused-ring (bicyclic) bond motifs is 1. The summed E-state index contributed by atoms with van der Waals surface area (Å²) in [4.78, 5) is 36.2. The topological polar surface area (TPSA) is 78.5 Å². The van der Waals surface area contributed by atoms with Gasteiger partial charge in [0.1, 0.15) is 0 Å². The van der Waals surface area contributed by atoms with Crippen LogP contribution in [0.3, 0.4) is 0 Å². The number of hydrogen-bond acceptors (Lipinski definition) is 4. The Kier molecular flexibility index (Phi) is 4.26. The second kappa shape index (κ2) is 5.95. The lowest BCUT2D eigenvalue weighted by atomic mass is 10.1. The molecule has 0 saturated heterocycles. The molecule has 3 amide bonds. The zero-order valence-electron chi connectivity index (χ0n) is 12.4. The fourth-order valence-electron chi connectivity index (χ4n) is 2.19. The first-order chi connectivity index (χ1) is 9.90. The maximum Gasteiger partial charge on any atom is 0.261 e. The van der Waals surface area contributed by atoms with Gasteiger partial charge in [-0.2, -0.15) is 0 Å². The summed E-state index contributed by atoms with van der Waals surface area (Å²) in [5, 5.41) is 5.89. The van der Waals surface area contributed by atoms with Crippen LogP contribution in [0.25, 0.3) is 0 Å². The predicted octanol–water partition coefficient (Wildman–Crippen LogP) is 1.24. The summed E-state index contributed by atoms with van der Waals surface area (Å²) >= 11 is 0. The van der Waals surface area contributed by atoms with E-state index in [9.17, 15) is 14.4 Å². The van der Waals surface area contributed by atoms with Gasteiger partial charge >= 0.3 is 0 Å². The van der Waals surface area contributed by atoms with Crippen molar-refractivity contribution in [2.45, 2.75) is 26.3 Å². The molecule has 0 saturated carbocycles. The number of anilines is 1. The Morgan fingerprint density at radius 2 is 1.86 bits per heavy atom. The fourth-order valence-corrected chi connectivity index (χ4v) is 2.19. The number of nitrogens with zero attached hydrogens (tertiary/aromatic N) is 1. The lowest BCUT2D eigenvalue weighted by molar-refractivity contribution is -0.121. The van der Waals surface area contributed by atoms with E-state index in [0.29, 0.717) is 24.1 Å². The molecule has 6 heteroatoms. The van der Waals surface area contributed by atoms with Crippen molar-refractivity contribution >= 4 is 23.4 Å². The van der Waals surface area contributed by atoms with Crippen molar-refractivity contribution in [1.82, 2.24) is 10.2 Å². The van der Waals surface area contributed by atoms with Gasteiger partial charge in [-0.15, -0.1) is 0 Å². The maximum atomic E-state index is 11.9. The van der Waals surface area contributed by atoms with Crippen molar-refractivity contribution in [3.05, 3.63) is 29.3 Å². The van der Waals surface area contributed by atoms with Crippen LogP contribution in [0, 0.1) is 0 Å². The highest BCUT2D eigenvalue weighted by Gasteiger charge is 2.32. The Labute approximate surface area is 123 Å². The average molecular weight is 289 g/mol. The van der Waals surface area contributed by atoms with Crippen LogP contribution in [0.1, 0.15) is 41.0 Å². The smallest absolute Gasteiger partial charge is 0.261 e. The first-order valence-electron chi connectivity index (χ1n) is 6.90. The molecule has 1 aliphatic rings. The zero-order valence-corrected chi connectivity index (χ0v) is 12.4. The summed E-state index contributed by atoms with van der Waals surface area (Å²) in [5.74, 6) is -0.598. The summed E-state index contributed by atoms with van der Waals surface area (Å²) in [6, 6.07) is 5.15. The Bertz CT molecular complexity index is 596. The van der Waals surface area contributed by atoms with Gasteiger partial charge in [0.05, 0.1) is 11.1 Å². The number of carbonyl (C=O) groups excluding carboxylic acids is 3. The lowest BCUT2D eigenvalue weighted by Crippen LogP contribution is -2.31. The van der Waals surface area contributed by atoms with Gasteiger partial charge in [-0.1, -0.05) is 0 Å². The molecule has 0 fully saturated rings. The molecule has 2 rings (SSSR count). The minimum absolute atomic E-state index is 0.0235. The largest absolute Gasteiger partial charge is 0.385 e. The van der Waals surface area contributed by atoms with Crippen molar-refractivity contribution in [1.29, 1.82) is 0 Å². The number of nitrogens with one attached hydrogen (secondary N) is 2. The number of hydrogen-bond donors (Lipinski definition) is 2.